The summed E-state index contributed by atoms with van der Waals surface area (Å²) in [6.45, 7) is 0.301. The van der Waals surface area contributed by atoms with Crippen molar-refractivity contribution in [1.82, 2.24) is 4.98 Å². The van der Waals surface area contributed by atoms with Crippen LogP contribution >= 0.6 is 15.9 Å². The van der Waals surface area contributed by atoms with Gasteiger partial charge in [-0.05, 0) is 35.9 Å². The summed E-state index contributed by atoms with van der Waals surface area (Å²) in [5, 5.41) is 2.94. The fourth-order valence-electron chi connectivity index (χ4n) is 1.45. The van der Waals surface area contributed by atoms with E-state index in [0.29, 0.717) is 11.1 Å². The molecular formula is C13H12BrFN2O. The summed E-state index contributed by atoms with van der Waals surface area (Å²) in [6, 6.07) is 8.40. The number of aromatic nitrogens is 1. The third-order valence-corrected chi connectivity index (χ3v) is 2.86. The third kappa shape index (κ3) is 3.20. The Kier molecular flexibility index (Phi) is 4.15. The topological polar surface area (TPSA) is 34.1 Å². The molecule has 0 aliphatic carbocycles. The Balaban J connectivity index is 2.06. The first-order chi connectivity index (χ1) is 8.69. The first-order valence-corrected chi connectivity index (χ1v) is 6.19. The van der Waals surface area contributed by atoms with Crippen molar-refractivity contribution in [1.29, 1.82) is 0 Å². The van der Waals surface area contributed by atoms with Crippen LogP contribution < -0.4 is 10.1 Å². The van der Waals surface area contributed by atoms with Crippen LogP contribution in [0.4, 0.5) is 10.2 Å². The summed E-state index contributed by atoms with van der Waals surface area (Å²) in [4.78, 5) is 4.10. The summed E-state index contributed by atoms with van der Waals surface area (Å²) in [6.07, 6.45) is 1.68. The van der Waals surface area contributed by atoms with Gasteiger partial charge >= 0.3 is 0 Å². The quantitative estimate of drug-likeness (QED) is 0.937. The molecular weight excluding hydrogens is 299 g/mol. The number of pyridine rings is 1. The minimum Gasteiger partial charge on any atom is -0.486 e. The van der Waals surface area contributed by atoms with Gasteiger partial charge in [0, 0.05) is 17.7 Å². The van der Waals surface area contributed by atoms with Crippen molar-refractivity contribution in [3.05, 3.63) is 52.4 Å². The predicted octanol–water partition coefficient (Wildman–Crippen LogP) is 3.60. The van der Waals surface area contributed by atoms with Gasteiger partial charge in [-0.3, -0.25) is 0 Å². The molecule has 94 valence electrons. The van der Waals surface area contributed by atoms with Crippen molar-refractivity contribution in [2.75, 3.05) is 12.4 Å². The van der Waals surface area contributed by atoms with E-state index in [1.807, 2.05) is 12.1 Å². The number of benzene rings is 1. The van der Waals surface area contributed by atoms with Crippen LogP contribution in [0, 0.1) is 5.82 Å². The van der Waals surface area contributed by atoms with Crippen LogP contribution in [0.25, 0.3) is 0 Å². The normalized spacial score (nSPS) is 10.2. The molecule has 0 aliphatic rings. The molecule has 3 nitrogen and oxygen atoms in total. The summed E-state index contributed by atoms with van der Waals surface area (Å²) in [5.41, 5.74) is 0.927. The number of nitrogens with zero attached hydrogens (tertiary/aromatic N) is 1. The minimum atomic E-state index is -0.382. The zero-order valence-electron chi connectivity index (χ0n) is 9.78. The van der Waals surface area contributed by atoms with Crippen molar-refractivity contribution in [3.63, 3.8) is 0 Å². The van der Waals surface area contributed by atoms with Crippen molar-refractivity contribution in [2.24, 2.45) is 0 Å². The van der Waals surface area contributed by atoms with Crippen LogP contribution in [0.3, 0.4) is 0 Å². The smallest absolute Gasteiger partial charge is 0.166 e. The van der Waals surface area contributed by atoms with Gasteiger partial charge in [-0.15, -0.1) is 0 Å². The fraction of sp³-hybridized carbons (Fsp3) is 0.154. The zero-order valence-corrected chi connectivity index (χ0v) is 11.4. The average Bonchev–Trinajstić information content (AvgIpc) is 2.38. The SMILES string of the molecule is CNc1cc(COc2ccc(Br)cc2F)ccn1. The molecule has 0 amide bonds. The Morgan fingerprint density at radius 3 is 2.89 bits per heavy atom. The molecule has 0 atom stereocenters. The minimum absolute atomic E-state index is 0.237. The largest absolute Gasteiger partial charge is 0.486 e. The van der Waals surface area contributed by atoms with Gasteiger partial charge in [0.25, 0.3) is 0 Å². The molecule has 2 rings (SSSR count). The van der Waals surface area contributed by atoms with Gasteiger partial charge in [-0.2, -0.15) is 0 Å². The predicted molar refractivity (Wildman–Crippen MR) is 72.2 cm³/mol. The Hall–Kier alpha value is -1.62. The molecule has 0 saturated heterocycles. The lowest BCUT2D eigenvalue weighted by Crippen LogP contribution is -1.99. The second-order valence-electron chi connectivity index (χ2n) is 3.66. The van der Waals surface area contributed by atoms with Crippen LogP contribution in [0.1, 0.15) is 5.56 Å². The van der Waals surface area contributed by atoms with Crippen molar-refractivity contribution in [3.8, 4) is 5.75 Å². The molecule has 1 N–H and O–H groups in total. The lowest BCUT2D eigenvalue weighted by Gasteiger charge is -2.08. The fourth-order valence-corrected chi connectivity index (χ4v) is 1.79. The number of halogens is 2. The molecule has 2 aromatic rings. The number of hydrogen-bond donors (Lipinski definition) is 1. The molecule has 0 spiro atoms. The van der Waals surface area contributed by atoms with Crippen molar-refractivity contribution >= 4 is 21.7 Å². The number of rotatable bonds is 4. The van der Waals surface area contributed by atoms with Gasteiger partial charge in [0.2, 0.25) is 0 Å². The zero-order chi connectivity index (χ0) is 13.0. The van der Waals surface area contributed by atoms with Crippen LogP contribution in [-0.2, 0) is 6.61 Å². The van der Waals surface area contributed by atoms with E-state index in [-0.39, 0.29) is 11.6 Å². The molecule has 0 saturated carbocycles. The van der Waals surface area contributed by atoms with E-state index in [0.717, 1.165) is 11.4 Å². The highest BCUT2D eigenvalue weighted by Crippen LogP contribution is 2.22. The molecule has 0 radical (unpaired) electrons. The number of hydrogen-bond acceptors (Lipinski definition) is 3. The van der Waals surface area contributed by atoms with Gasteiger partial charge in [-0.1, -0.05) is 15.9 Å². The summed E-state index contributed by atoms with van der Waals surface area (Å²) >= 11 is 3.20. The summed E-state index contributed by atoms with van der Waals surface area (Å²) in [7, 11) is 1.79. The maximum Gasteiger partial charge on any atom is 0.166 e. The molecule has 1 aromatic carbocycles. The second kappa shape index (κ2) is 5.82. The van der Waals surface area contributed by atoms with Gasteiger partial charge in [-0.25, -0.2) is 9.37 Å². The van der Waals surface area contributed by atoms with Gasteiger partial charge < -0.3 is 10.1 Å². The number of ether oxygens (including phenoxy) is 1. The molecule has 1 aromatic heterocycles. The molecule has 0 bridgehead atoms. The standard InChI is InChI=1S/C13H12BrFN2O/c1-16-13-6-9(4-5-17-13)8-18-12-3-2-10(14)7-11(12)15/h2-7H,8H2,1H3,(H,16,17). The summed E-state index contributed by atoms with van der Waals surface area (Å²) in [5.74, 6) is 0.612. The summed E-state index contributed by atoms with van der Waals surface area (Å²) < 4.78 is 19.6. The molecule has 0 fully saturated rings. The molecule has 1 heterocycles. The third-order valence-electron chi connectivity index (χ3n) is 2.37. The van der Waals surface area contributed by atoms with Crippen LogP contribution in [0.2, 0.25) is 0 Å². The lowest BCUT2D eigenvalue weighted by atomic mass is 10.2. The van der Waals surface area contributed by atoms with Crippen molar-refractivity contribution in [2.45, 2.75) is 6.61 Å². The Labute approximate surface area is 113 Å². The highest BCUT2D eigenvalue weighted by Gasteiger charge is 2.04. The Morgan fingerprint density at radius 2 is 2.17 bits per heavy atom. The van der Waals surface area contributed by atoms with E-state index in [9.17, 15) is 4.39 Å². The number of anilines is 1. The monoisotopic (exact) mass is 310 g/mol. The van der Waals surface area contributed by atoms with Crippen LogP contribution in [0.5, 0.6) is 5.75 Å². The van der Waals surface area contributed by atoms with E-state index in [2.05, 4.69) is 26.2 Å². The van der Waals surface area contributed by atoms with E-state index >= 15 is 0 Å². The molecule has 0 aliphatic heterocycles. The van der Waals surface area contributed by atoms with Crippen LogP contribution in [-0.4, -0.2) is 12.0 Å². The molecule has 18 heavy (non-hydrogen) atoms. The van der Waals surface area contributed by atoms with E-state index in [4.69, 9.17) is 4.74 Å². The molecule has 0 unspecified atom stereocenters. The maximum absolute atomic E-state index is 13.5. The van der Waals surface area contributed by atoms with Gasteiger partial charge in [0.05, 0.1) is 0 Å². The Morgan fingerprint density at radius 1 is 1.33 bits per heavy atom. The highest BCUT2D eigenvalue weighted by atomic mass is 79.9. The van der Waals surface area contributed by atoms with E-state index in [1.165, 1.54) is 6.07 Å². The highest BCUT2D eigenvalue weighted by molar-refractivity contribution is 9.10. The lowest BCUT2D eigenvalue weighted by molar-refractivity contribution is 0.290. The van der Waals surface area contributed by atoms with Gasteiger partial charge in [0.1, 0.15) is 12.4 Å². The Bertz CT molecular complexity index is 548. The second-order valence-corrected chi connectivity index (χ2v) is 4.58. The van der Waals surface area contributed by atoms with Crippen LogP contribution in [0.15, 0.2) is 41.0 Å². The maximum atomic E-state index is 13.5. The average molecular weight is 311 g/mol. The van der Waals surface area contributed by atoms with Gasteiger partial charge in [0.15, 0.2) is 11.6 Å². The van der Waals surface area contributed by atoms with E-state index in [1.54, 1.807) is 25.4 Å². The van der Waals surface area contributed by atoms with E-state index < -0.39 is 0 Å². The first-order valence-electron chi connectivity index (χ1n) is 5.39. The molecule has 5 heteroatoms. The van der Waals surface area contributed by atoms with Crippen molar-refractivity contribution < 1.29 is 9.13 Å². The first kappa shape index (κ1) is 12.8. The number of nitrogens with one attached hydrogen (secondary N) is 1.